The number of nitrogens with one attached hydrogen (secondary N) is 1. The minimum atomic E-state index is 0.268. The van der Waals surface area contributed by atoms with Crippen LogP contribution in [0.1, 0.15) is 39.4 Å². The van der Waals surface area contributed by atoms with E-state index in [1.807, 2.05) is 11.3 Å². The summed E-state index contributed by atoms with van der Waals surface area (Å²) in [6.45, 7) is 9.64. The topological polar surface area (TPSA) is 12.0 Å². The van der Waals surface area contributed by atoms with Gasteiger partial charge in [-0.1, -0.05) is 40.5 Å². The highest BCUT2D eigenvalue weighted by Gasteiger charge is 2.19. The average molecular weight is 338 g/mol. The van der Waals surface area contributed by atoms with E-state index in [4.69, 9.17) is 0 Å². The molecule has 0 fully saturated rings. The zero-order valence-corrected chi connectivity index (χ0v) is 14.3. The minimum absolute atomic E-state index is 0.268. The maximum atomic E-state index is 3.69. The highest BCUT2D eigenvalue weighted by molar-refractivity contribution is 9.10. The lowest BCUT2D eigenvalue weighted by atomic mass is 9.97. The third kappa shape index (κ3) is 3.28. The molecule has 1 heterocycles. The van der Waals surface area contributed by atoms with Gasteiger partial charge in [0.2, 0.25) is 0 Å². The first kappa shape index (κ1) is 14.8. The molecule has 19 heavy (non-hydrogen) atoms. The van der Waals surface area contributed by atoms with Crippen LogP contribution in [-0.4, -0.2) is 6.54 Å². The van der Waals surface area contributed by atoms with E-state index < -0.39 is 0 Å². The molecule has 0 amide bonds. The van der Waals surface area contributed by atoms with E-state index in [0.717, 1.165) is 6.54 Å². The lowest BCUT2D eigenvalue weighted by molar-refractivity contribution is 0.627. The number of rotatable bonds is 4. The maximum absolute atomic E-state index is 3.69. The molecule has 1 atom stereocenters. The van der Waals surface area contributed by atoms with Crippen molar-refractivity contribution in [1.29, 1.82) is 0 Å². The second kappa shape index (κ2) is 6.21. The van der Waals surface area contributed by atoms with E-state index >= 15 is 0 Å². The Bertz CT molecular complexity index is 574. The SMILES string of the molecule is CCNC(c1cc(C)ccc1Br)c1cc(C)sc1C. The van der Waals surface area contributed by atoms with Gasteiger partial charge in [-0.3, -0.25) is 0 Å². The van der Waals surface area contributed by atoms with Gasteiger partial charge in [-0.2, -0.15) is 0 Å². The van der Waals surface area contributed by atoms with Crippen LogP contribution in [0, 0.1) is 20.8 Å². The Morgan fingerprint density at radius 1 is 1.16 bits per heavy atom. The van der Waals surface area contributed by atoms with Crippen molar-refractivity contribution in [2.24, 2.45) is 0 Å². The first-order chi connectivity index (χ1) is 9.02. The van der Waals surface area contributed by atoms with Crippen molar-refractivity contribution in [3.63, 3.8) is 0 Å². The van der Waals surface area contributed by atoms with Gasteiger partial charge in [-0.25, -0.2) is 0 Å². The molecule has 1 unspecified atom stereocenters. The van der Waals surface area contributed by atoms with Crippen molar-refractivity contribution < 1.29 is 0 Å². The van der Waals surface area contributed by atoms with E-state index in [-0.39, 0.29) is 6.04 Å². The number of thiophene rings is 1. The highest BCUT2D eigenvalue weighted by atomic mass is 79.9. The largest absolute Gasteiger partial charge is 0.306 e. The van der Waals surface area contributed by atoms with Gasteiger partial charge in [0.1, 0.15) is 0 Å². The van der Waals surface area contributed by atoms with Crippen LogP contribution in [0.2, 0.25) is 0 Å². The van der Waals surface area contributed by atoms with Gasteiger partial charge in [0.15, 0.2) is 0 Å². The zero-order valence-electron chi connectivity index (χ0n) is 11.9. The van der Waals surface area contributed by atoms with Gasteiger partial charge in [0.05, 0.1) is 6.04 Å². The van der Waals surface area contributed by atoms with Crippen molar-refractivity contribution in [1.82, 2.24) is 5.32 Å². The van der Waals surface area contributed by atoms with Gasteiger partial charge in [0.25, 0.3) is 0 Å². The Labute approximate surface area is 128 Å². The molecule has 0 saturated carbocycles. The number of halogens is 1. The molecular formula is C16H20BrNS. The molecule has 1 N–H and O–H groups in total. The molecule has 2 aromatic rings. The molecule has 0 aliphatic rings. The summed E-state index contributed by atoms with van der Waals surface area (Å²) in [4.78, 5) is 2.77. The first-order valence-electron chi connectivity index (χ1n) is 6.59. The predicted octanol–water partition coefficient (Wildman–Crippen LogP) is 5.13. The summed E-state index contributed by atoms with van der Waals surface area (Å²) in [7, 11) is 0. The molecule has 0 saturated heterocycles. The van der Waals surface area contributed by atoms with Gasteiger partial charge < -0.3 is 5.32 Å². The van der Waals surface area contributed by atoms with Gasteiger partial charge >= 0.3 is 0 Å². The first-order valence-corrected chi connectivity index (χ1v) is 8.20. The smallest absolute Gasteiger partial charge is 0.0598 e. The summed E-state index contributed by atoms with van der Waals surface area (Å²) in [5.74, 6) is 0. The highest BCUT2D eigenvalue weighted by Crippen LogP contribution is 2.34. The fourth-order valence-electron chi connectivity index (χ4n) is 2.41. The Morgan fingerprint density at radius 2 is 1.89 bits per heavy atom. The number of hydrogen-bond acceptors (Lipinski definition) is 2. The Morgan fingerprint density at radius 3 is 2.47 bits per heavy atom. The fraction of sp³-hybridized carbons (Fsp3) is 0.375. The van der Waals surface area contributed by atoms with Crippen LogP contribution >= 0.6 is 27.3 Å². The second-order valence-electron chi connectivity index (χ2n) is 4.88. The fourth-order valence-corrected chi connectivity index (χ4v) is 3.85. The molecule has 1 aromatic heterocycles. The van der Waals surface area contributed by atoms with Crippen LogP contribution in [0.3, 0.4) is 0 Å². The maximum Gasteiger partial charge on any atom is 0.0598 e. The average Bonchev–Trinajstić information content (AvgIpc) is 2.69. The Balaban J connectivity index is 2.51. The Hall–Kier alpha value is -0.640. The normalized spacial score (nSPS) is 12.7. The molecule has 1 nitrogen and oxygen atoms in total. The number of benzene rings is 1. The van der Waals surface area contributed by atoms with Crippen LogP contribution in [0.5, 0.6) is 0 Å². The zero-order chi connectivity index (χ0) is 14.0. The molecule has 0 bridgehead atoms. The molecule has 0 aliphatic heterocycles. The summed E-state index contributed by atoms with van der Waals surface area (Å²) in [5, 5.41) is 3.61. The molecular weight excluding hydrogens is 318 g/mol. The van der Waals surface area contributed by atoms with E-state index in [0.29, 0.717) is 0 Å². The van der Waals surface area contributed by atoms with Gasteiger partial charge in [-0.15, -0.1) is 11.3 Å². The van der Waals surface area contributed by atoms with Crippen molar-refractivity contribution in [2.75, 3.05) is 6.54 Å². The number of aryl methyl sites for hydroxylation is 3. The van der Waals surface area contributed by atoms with Crippen LogP contribution in [-0.2, 0) is 0 Å². The molecule has 1 aromatic carbocycles. The van der Waals surface area contributed by atoms with Crippen LogP contribution in [0.4, 0.5) is 0 Å². The molecule has 0 aliphatic carbocycles. The third-order valence-corrected chi connectivity index (χ3v) is 4.97. The lowest BCUT2D eigenvalue weighted by Gasteiger charge is -2.20. The van der Waals surface area contributed by atoms with Crippen molar-refractivity contribution in [3.05, 3.63) is 55.2 Å². The monoisotopic (exact) mass is 337 g/mol. The van der Waals surface area contributed by atoms with E-state index in [9.17, 15) is 0 Å². The summed E-state index contributed by atoms with van der Waals surface area (Å²) in [5.41, 5.74) is 4.02. The van der Waals surface area contributed by atoms with Crippen LogP contribution in [0.15, 0.2) is 28.7 Å². The molecule has 0 radical (unpaired) electrons. The summed E-state index contributed by atoms with van der Waals surface area (Å²) in [6.07, 6.45) is 0. The quantitative estimate of drug-likeness (QED) is 0.814. The van der Waals surface area contributed by atoms with Gasteiger partial charge in [0, 0.05) is 14.2 Å². The lowest BCUT2D eigenvalue weighted by Crippen LogP contribution is -2.22. The molecule has 0 spiro atoms. The molecule has 102 valence electrons. The minimum Gasteiger partial charge on any atom is -0.306 e. The van der Waals surface area contributed by atoms with E-state index in [1.54, 1.807) is 0 Å². The summed E-state index contributed by atoms with van der Waals surface area (Å²) < 4.78 is 1.17. The summed E-state index contributed by atoms with van der Waals surface area (Å²) >= 11 is 5.57. The predicted molar refractivity (Wildman–Crippen MR) is 88.2 cm³/mol. The van der Waals surface area contributed by atoms with Gasteiger partial charge in [-0.05, 0) is 50.6 Å². The summed E-state index contributed by atoms with van der Waals surface area (Å²) in [6, 6.07) is 9.13. The molecule has 2 rings (SSSR count). The molecule has 3 heteroatoms. The van der Waals surface area contributed by atoms with Crippen LogP contribution in [0.25, 0.3) is 0 Å². The third-order valence-electron chi connectivity index (χ3n) is 3.26. The second-order valence-corrected chi connectivity index (χ2v) is 7.20. The number of hydrogen-bond donors (Lipinski definition) is 1. The Kier molecular flexibility index (Phi) is 4.82. The van der Waals surface area contributed by atoms with Crippen molar-refractivity contribution >= 4 is 27.3 Å². The van der Waals surface area contributed by atoms with E-state index in [2.05, 4.69) is 73.2 Å². The standard InChI is InChI=1S/C16H20BrNS/c1-5-18-16(13-9-11(3)19-12(13)4)14-8-10(2)6-7-15(14)17/h6-9,16,18H,5H2,1-4H3. The van der Waals surface area contributed by atoms with Crippen molar-refractivity contribution in [2.45, 2.75) is 33.7 Å². The van der Waals surface area contributed by atoms with E-state index in [1.165, 1.54) is 30.9 Å². The van der Waals surface area contributed by atoms with Crippen molar-refractivity contribution in [3.8, 4) is 0 Å². The van der Waals surface area contributed by atoms with Crippen LogP contribution < -0.4 is 5.32 Å².